The maximum Gasteiger partial charge on any atom is 0.270 e. The lowest BCUT2D eigenvalue weighted by Crippen LogP contribution is -1.98. The number of non-ortho nitro benzene ring substituents is 2. The first-order valence-corrected chi connectivity index (χ1v) is 8.40. The maximum absolute atomic E-state index is 10.9. The summed E-state index contributed by atoms with van der Waals surface area (Å²) in [5.74, 6) is 0.0601. The van der Waals surface area contributed by atoms with E-state index in [1.807, 2.05) is 0 Å². The van der Waals surface area contributed by atoms with Gasteiger partial charge in [0.1, 0.15) is 0 Å². The largest absolute Gasteiger partial charge is 0.368 e. The van der Waals surface area contributed by atoms with Crippen molar-refractivity contribution in [2.75, 3.05) is 5.73 Å². The number of benzene rings is 2. The highest BCUT2D eigenvalue weighted by Crippen LogP contribution is 2.17. The Bertz CT molecular complexity index is 1060. The summed E-state index contributed by atoms with van der Waals surface area (Å²) in [5, 5.41) is 21.7. The summed E-state index contributed by atoms with van der Waals surface area (Å²) in [5.41, 5.74) is 8.07. The highest BCUT2D eigenvalue weighted by atomic mass is 16.6. The van der Waals surface area contributed by atoms with E-state index in [-0.39, 0.29) is 17.3 Å². The van der Waals surface area contributed by atoms with E-state index in [1.165, 1.54) is 24.3 Å². The van der Waals surface area contributed by atoms with Gasteiger partial charge in [-0.25, -0.2) is 9.97 Å². The van der Waals surface area contributed by atoms with Gasteiger partial charge in [0.2, 0.25) is 5.95 Å². The molecule has 0 radical (unpaired) electrons. The number of nitrogens with zero attached hydrogens (tertiary/aromatic N) is 4. The van der Waals surface area contributed by atoms with Crippen LogP contribution < -0.4 is 5.73 Å². The van der Waals surface area contributed by atoms with Crippen LogP contribution in [0.2, 0.25) is 0 Å². The van der Waals surface area contributed by atoms with Crippen LogP contribution in [0.3, 0.4) is 0 Å². The summed E-state index contributed by atoms with van der Waals surface area (Å²) >= 11 is 0. The monoisotopic (exact) mass is 389 g/mol. The van der Waals surface area contributed by atoms with E-state index in [1.54, 1.807) is 54.6 Å². The molecule has 144 valence electrons. The molecule has 3 aromatic rings. The van der Waals surface area contributed by atoms with Gasteiger partial charge in [-0.05, 0) is 29.3 Å². The molecule has 0 aliphatic rings. The molecular weight excluding hydrogens is 374 g/mol. The number of nitrogens with two attached hydrogens (primary N) is 1. The molecule has 2 aromatic carbocycles. The number of hydrogen-bond donors (Lipinski definition) is 1. The fourth-order valence-corrected chi connectivity index (χ4v) is 2.52. The Labute approximate surface area is 165 Å². The summed E-state index contributed by atoms with van der Waals surface area (Å²) in [7, 11) is 0. The summed E-state index contributed by atoms with van der Waals surface area (Å²) in [6.07, 6.45) is 6.70. The summed E-state index contributed by atoms with van der Waals surface area (Å²) < 4.78 is 0. The quantitative estimate of drug-likeness (QED) is 0.492. The summed E-state index contributed by atoms with van der Waals surface area (Å²) in [6.45, 7) is 0. The Hall–Kier alpha value is -4.40. The normalized spacial score (nSPS) is 11.2. The van der Waals surface area contributed by atoms with Crippen LogP contribution in [0.1, 0.15) is 22.5 Å². The molecule has 0 bridgehead atoms. The molecule has 0 aliphatic heterocycles. The fourth-order valence-electron chi connectivity index (χ4n) is 2.52. The SMILES string of the molecule is Nc1nc(/C=C/c2cccc([N+](=O)[O-])c2)cc(/C=C/c2cccc([N+](=O)[O-])c2)n1. The zero-order chi connectivity index (χ0) is 20.8. The molecule has 0 unspecified atom stereocenters. The molecule has 3 rings (SSSR count). The Kier molecular flexibility index (Phi) is 5.69. The van der Waals surface area contributed by atoms with Crippen molar-refractivity contribution in [1.82, 2.24) is 9.97 Å². The van der Waals surface area contributed by atoms with Gasteiger partial charge in [0, 0.05) is 24.3 Å². The highest BCUT2D eigenvalue weighted by molar-refractivity contribution is 5.73. The minimum atomic E-state index is -0.461. The second kappa shape index (κ2) is 8.53. The second-order valence-corrected chi connectivity index (χ2v) is 5.95. The van der Waals surface area contributed by atoms with Crippen molar-refractivity contribution in [3.05, 3.63) is 97.3 Å². The Morgan fingerprint density at radius 2 is 1.17 bits per heavy atom. The smallest absolute Gasteiger partial charge is 0.270 e. The van der Waals surface area contributed by atoms with E-state index in [4.69, 9.17) is 5.73 Å². The Morgan fingerprint density at radius 1 is 0.724 bits per heavy atom. The van der Waals surface area contributed by atoms with E-state index >= 15 is 0 Å². The van der Waals surface area contributed by atoms with Crippen molar-refractivity contribution in [2.45, 2.75) is 0 Å². The van der Waals surface area contributed by atoms with Gasteiger partial charge in [0.15, 0.2) is 0 Å². The van der Waals surface area contributed by atoms with Crippen LogP contribution >= 0.6 is 0 Å². The third-order valence-electron chi connectivity index (χ3n) is 3.84. The van der Waals surface area contributed by atoms with Gasteiger partial charge in [0.25, 0.3) is 11.4 Å². The van der Waals surface area contributed by atoms with Crippen LogP contribution in [0.25, 0.3) is 24.3 Å². The van der Waals surface area contributed by atoms with E-state index < -0.39 is 9.85 Å². The van der Waals surface area contributed by atoms with Gasteiger partial charge in [0.05, 0.1) is 21.2 Å². The predicted octanol–water partition coefficient (Wildman–Crippen LogP) is 4.22. The third kappa shape index (κ3) is 5.30. The van der Waals surface area contributed by atoms with Crippen molar-refractivity contribution in [1.29, 1.82) is 0 Å². The molecule has 0 atom stereocenters. The molecule has 0 fully saturated rings. The second-order valence-electron chi connectivity index (χ2n) is 5.95. The summed E-state index contributed by atoms with van der Waals surface area (Å²) in [4.78, 5) is 29.0. The minimum Gasteiger partial charge on any atom is -0.368 e. The average Bonchev–Trinajstić information content (AvgIpc) is 2.71. The Morgan fingerprint density at radius 3 is 1.59 bits per heavy atom. The van der Waals surface area contributed by atoms with Crippen molar-refractivity contribution < 1.29 is 9.85 Å². The molecule has 0 aliphatic carbocycles. The predicted molar refractivity (Wildman–Crippen MR) is 110 cm³/mol. The average molecular weight is 389 g/mol. The van der Waals surface area contributed by atoms with Crippen molar-refractivity contribution in [3.8, 4) is 0 Å². The lowest BCUT2D eigenvalue weighted by atomic mass is 10.1. The zero-order valence-corrected chi connectivity index (χ0v) is 15.0. The van der Waals surface area contributed by atoms with Crippen LogP contribution in [0.15, 0.2) is 54.6 Å². The molecule has 2 N–H and O–H groups in total. The van der Waals surface area contributed by atoms with Crippen LogP contribution in [0, 0.1) is 20.2 Å². The molecule has 1 aromatic heterocycles. The lowest BCUT2D eigenvalue weighted by Gasteiger charge is -2.00. The molecule has 9 heteroatoms. The standard InChI is InChI=1S/C20H15N5O4/c21-20-22-16(9-7-14-3-1-5-18(11-14)24(26)27)13-17(23-20)10-8-15-4-2-6-19(12-15)25(28)29/h1-13H,(H2,21,22,23)/b9-7+,10-8+. The summed E-state index contributed by atoms with van der Waals surface area (Å²) in [6, 6.07) is 14.1. The van der Waals surface area contributed by atoms with Crippen molar-refractivity contribution in [3.63, 3.8) is 0 Å². The van der Waals surface area contributed by atoms with Crippen LogP contribution in [-0.4, -0.2) is 19.8 Å². The molecular formula is C20H15N5O4. The lowest BCUT2D eigenvalue weighted by molar-refractivity contribution is -0.385. The number of aromatic nitrogens is 2. The number of nitro benzene ring substituents is 2. The van der Waals surface area contributed by atoms with Crippen LogP contribution in [0.4, 0.5) is 17.3 Å². The number of anilines is 1. The first-order valence-electron chi connectivity index (χ1n) is 8.40. The zero-order valence-electron chi connectivity index (χ0n) is 15.0. The fraction of sp³-hybridized carbons (Fsp3) is 0. The number of rotatable bonds is 6. The van der Waals surface area contributed by atoms with Crippen LogP contribution in [-0.2, 0) is 0 Å². The van der Waals surface area contributed by atoms with Gasteiger partial charge in [-0.3, -0.25) is 20.2 Å². The minimum absolute atomic E-state index is 0.00470. The number of nitrogen functional groups attached to an aromatic ring is 1. The molecule has 29 heavy (non-hydrogen) atoms. The van der Waals surface area contributed by atoms with Gasteiger partial charge in [-0.2, -0.15) is 0 Å². The molecule has 0 amide bonds. The van der Waals surface area contributed by atoms with Crippen molar-refractivity contribution >= 4 is 41.6 Å². The third-order valence-corrected chi connectivity index (χ3v) is 3.84. The van der Waals surface area contributed by atoms with Gasteiger partial charge >= 0.3 is 0 Å². The molecule has 9 nitrogen and oxygen atoms in total. The topological polar surface area (TPSA) is 138 Å². The molecule has 0 saturated carbocycles. The van der Waals surface area contributed by atoms with E-state index in [2.05, 4.69) is 9.97 Å². The van der Waals surface area contributed by atoms with Gasteiger partial charge in [-0.15, -0.1) is 0 Å². The van der Waals surface area contributed by atoms with Crippen molar-refractivity contribution in [2.24, 2.45) is 0 Å². The number of hydrogen-bond acceptors (Lipinski definition) is 7. The molecule has 0 saturated heterocycles. The van der Waals surface area contributed by atoms with E-state index in [9.17, 15) is 20.2 Å². The maximum atomic E-state index is 10.9. The van der Waals surface area contributed by atoms with E-state index in [0.717, 1.165) is 0 Å². The van der Waals surface area contributed by atoms with Gasteiger partial charge in [-0.1, -0.05) is 36.4 Å². The molecule has 0 spiro atoms. The van der Waals surface area contributed by atoms with Gasteiger partial charge < -0.3 is 5.73 Å². The first-order chi connectivity index (χ1) is 13.9. The Balaban J connectivity index is 1.83. The first kappa shape index (κ1) is 19.4. The molecule has 1 heterocycles. The van der Waals surface area contributed by atoms with E-state index in [0.29, 0.717) is 22.5 Å². The highest BCUT2D eigenvalue weighted by Gasteiger charge is 2.05. The number of nitro groups is 2. The van der Waals surface area contributed by atoms with Crippen LogP contribution in [0.5, 0.6) is 0 Å².